The maximum Gasteiger partial charge on any atom is 0.253 e. The van der Waals surface area contributed by atoms with Crippen LogP contribution in [0.3, 0.4) is 0 Å². The summed E-state index contributed by atoms with van der Waals surface area (Å²) in [4.78, 5) is 57.2. The van der Waals surface area contributed by atoms with Gasteiger partial charge in [-0.05, 0) is 60.4 Å². The zero-order chi connectivity index (χ0) is 29.1. The van der Waals surface area contributed by atoms with Crippen LogP contribution in [-0.4, -0.2) is 29.7 Å². The lowest BCUT2D eigenvalue weighted by Gasteiger charge is -2.31. The van der Waals surface area contributed by atoms with Gasteiger partial charge in [-0.2, -0.15) is 0 Å². The fourth-order valence-electron chi connectivity index (χ4n) is 6.74. The largest absolute Gasteiger partial charge is 0.326 e. The first kappa shape index (κ1) is 26.8. The predicted octanol–water partition coefficient (Wildman–Crippen LogP) is 4.35. The van der Waals surface area contributed by atoms with Crippen molar-refractivity contribution in [3.8, 4) is 0 Å². The van der Waals surface area contributed by atoms with Gasteiger partial charge < -0.3 is 10.2 Å². The highest BCUT2D eigenvalue weighted by atomic mass is 19.1. The van der Waals surface area contributed by atoms with Crippen molar-refractivity contribution in [3.63, 3.8) is 0 Å². The van der Waals surface area contributed by atoms with Gasteiger partial charge in [0.25, 0.3) is 5.91 Å². The normalized spacial score (nSPS) is 24.9. The summed E-state index contributed by atoms with van der Waals surface area (Å²) >= 11 is 0. The van der Waals surface area contributed by atoms with Crippen LogP contribution >= 0.6 is 0 Å². The van der Waals surface area contributed by atoms with E-state index in [4.69, 9.17) is 0 Å². The van der Waals surface area contributed by atoms with E-state index in [1.165, 1.54) is 24.0 Å². The molecule has 2 fully saturated rings. The molecular weight excluding hydrogens is 523 g/mol. The minimum Gasteiger partial charge on any atom is -0.326 e. The Morgan fingerprint density at radius 2 is 1.66 bits per heavy atom. The van der Waals surface area contributed by atoms with Gasteiger partial charge in [0, 0.05) is 29.9 Å². The molecule has 2 N–H and O–H groups in total. The van der Waals surface area contributed by atoms with Crippen molar-refractivity contribution in [1.82, 2.24) is 5.32 Å². The van der Waals surface area contributed by atoms with E-state index in [0.29, 0.717) is 29.0 Å². The summed E-state index contributed by atoms with van der Waals surface area (Å²) in [6, 6.07) is 19.5. The van der Waals surface area contributed by atoms with Crippen molar-refractivity contribution < 1.29 is 23.6 Å². The van der Waals surface area contributed by atoms with Crippen molar-refractivity contribution in [1.29, 1.82) is 0 Å². The van der Waals surface area contributed by atoms with E-state index in [9.17, 15) is 23.6 Å². The summed E-state index contributed by atoms with van der Waals surface area (Å²) in [6.07, 6.45) is 0.602. The molecule has 0 radical (unpaired) electrons. The van der Waals surface area contributed by atoms with Crippen LogP contribution in [0.15, 0.2) is 72.8 Å². The monoisotopic (exact) mass is 554 g/mol. The number of nitrogens with zero attached hydrogens (tertiary/aromatic N) is 2. The Balaban J connectivity index is 1.43. The quantitative estimate of drug-likeness (QED) is 0.442. The minimum atomic E-state index is -1.42. The Morgan fingerprint density at radius 1 is 0.976 bits per heavy atom. The van der Waals surface area contributed by atoms with Crippen molar-refractivity contribution in [2.45, 2.75) is 45.3 Å². The lowest BCUT2D eigenvalue weighted by atomic mass is 9.76. The van der Waals surface area contributed by atoms with E-state index in [1.54, 1.807) is 41.3 Å². The molecule has 0 saturated carbocycles. The minimum absolute atomic E-state index is 0.197. The fraction of sp³-hybridized carbons (Fsp3) is 0.312. The molecule has 3 aromatic rings. The molecule has 3 aliphatic heterocycles. The van der Waals surface area contributed by atoms with Crippen LogP contribution < -0.4 is 20.4 Å². The molecule has 41 heavy (non-hydrogen) atoms. The number of fused-ring (bicyclic) bond motifs is 4. The molecule has 9 heteroatoms. The third-order valence-corrected chi connectivity index (χ3v) is 8.29. The highest BCUT2D eigenvalue weighted by Crippen LogP contribution is 2.56. The summed E-state index contributed by atoms with van der Waals surface area (Å²) in [5, 5.41) is 6.22. The molecule has 3 aliphatic rings. The van der Waals surface area contributed by atoms with Crippen LogP contribution in [0.2, 0.25) is 0 Å². The summed E-state index contributed by atoms with van der Waals surface area (Å²) < 4.78 is 13.6. The third kappa shape index (κ3) is 4.23. The molecule has 2 saturated heterocycles. The Bertz CT molecular complexity index is 1550. The van der Waals surface area contributed by atoms with Crippen LogP contribution in [0.1, 0.15) is 38.3 Å². The number of imide groups is 1. The summed E-state index contributed by atoms with van der Waals surface area (Å²) in [5.41, 5.74) is 1.60. The summed E-state index contributed by atoms with van der Waals surface area (Å²) in [7, 11) is 0. The van der Waals surface area contributed by atoms with E-state index < -0.39 is 29.3 Å². The highest BCUT2D eigenvalue weighted by molar-refractivity contribution is 6.26. The number of carbonyl (C=O) groups is 4. The van der Waals surface area contributed by atoms with Crippen LogP contribution in [-0.2, 0) is 31.3 Å². The molecule has 0 aromatic heterocycles. The number of benzene rings is 3. The molecule has 8 nitrogen and oxygen atoms in total. The molecule has 3 heterocycles. The topological polar surface area (TPSA) is 98.8 Å². The van der Waals surface area contributed by atoms with Gasteiger partial charge in [0.2, 0.25) is 17.7 Å². The van der Waals surface area contributed by atoms with Gasteiger partial charge in [-0.3, -0.25) is 24.5 Å². The van der Waals surface area contributed by atoms with Gasteiger partial charge in [0.1, 0.15) is 11.4 Å². The van der Waals surface area contributed by atoms with Gasteiger partial charge in [0.05, 0.1) is 24.1 Å². The maximum atomic E-state index is 14.5. The number of hydrogen-bond donors (Lipinski definition) is 2. The van der Waals surface area contributed by atoms with E-state index in [0.717, 1.165) is 5.56 Å². The first-order chi connectivity index (χ1) is 19.6. The van der Waals surface area contributed by atoms with E-state index >= 15 is 0 Å². The highest BCUT2D eigenvalue weighted by Gasteiger charge is 2.71. The fourth-order valence-corrected chi connectivity index (χ4v) is 6.74. The smallest absolute Gasteiger partial charge is 0.253 e. The summed E-state index contributed by atoms with van der Waals surface area (Å²) in [6.45, 7) is 5.70. The second kappa shape index (κ2) is 9.92. The Kier molecular flexibility index (Phi) is 6.49. The van der Waals surface area contributed by atoms with E-state index in [2.05, 4.69) is 10.6 Å². The second-order valence-electron chi connectivity index (χ2n) is 11.5. The number of halogens is 1. The number of carbonyl (C=O) groups excluding carboxylic acids is 4. The average Bonchev–Trinajstić information content (AvgIpc) is 3.49. The second-order valence-corrected chi connectivity index (χ2v) is 11.5. The number of nitrogens with one attached hydrogen (secondary N) is 2. The molecule has 0 bridgehead atoms. The van der Waals surface area contributed by atoms with Gasteiger partial charge in [-0.25, -0.2) is 9.29 Å². The number of rotatable bonds is 6. The number of anilines is 3. The lowest BCUT2D eigenvalue weighted by Crippen LogP contribution is -2.55. The molecule has 4 atom stereocenters. The molecular formula is C32H31FN4O4. The summed E-state index contributed by atoms with van der Waals surface area (Å²) in [5.74, 6) is -3.14. The van der Waals surface area contributed by atoms with Gasteiger partial charge in [-0.1, -0.05) is 44.2 Å². The molecule has 3 aromatic carbocycles. The molecule has 0 unspecified atom stereocenters. The zero-order valence-corrected chi connectivity index (χ0v) is 23.1. The third-order valence-electron chi connectivity index (χ3n) is 8.29. The average molecular weight is 555 g/mol. The standard InChI is InChI=1S/C32H31FN4O4/c1-18(2)16-25-27-28(30(40)37(29(27)39)23-14-12-22(13-15-23)34-19(3)38)32(35-25)24-6-4-5-7-26(24)36(31(32)41)17-20-8-10-21(33)11-9-20/h4-15,18,25,27-28,35H,16-17H2,1-3H3,(H,34,38)/t25-,27+,28-,32-/m0/s1. The van der Waals surface area contributed by atoms with E-state index in [1.807, 2.05) is 38.1 Å². The van der Waals surface area contributed by atoms with Crippen molar-refractivity contribution in [2.75, 3.05) is 15.1 Å². The van der Waals surface area contributed by atoms with Crippen LogP contribution in [0, 0.1) is 23.6 Å². The maximum absolute atomic E-state index is 14.5. The van der Waals surface area contributed by atoms with Crippen LogP contribution in [0.25, 0.3) is 0 Å². The number of amides is 4. The van der Waals surface area contributed by atoms with E-state index in [-0.39, 0.29) is 36.0 Å². The molecule has 210 valence electrons. The Morgan fingerprint density at radius 3 is 2.32 bits per heavy atom. The first-order valence-corrected chi connectivity index (χ1v) is 13.8. The van der Waals surface area contributed by atoms with Crippen LogP contribution in [0.5, 0.6) is 0 Å². The Labute approximate surface area is 237 Å². The van der Waals surface area contributed by atoms with Crippen LogP contribution in [0.4, 0.5) is 21.5 Å². The molecule has 6 rings (SSSR count). The van der Waals surface area contributed by atoms with Gasteiger partial charge in [0.15, 0.2) is 0 Å². The molecule has 1 spiro atoms. The molecule has 0 aliphatic carbocycles. The zero-order valence-electron chi connectivity index (χ0n) is 23.1. The molecule has 4 amide bonds. The SMILES string of the molecule is CC(=O)Nc1ccc(N2C(=O)[C@@H]3[C@H](CC(C)C)N[C@]4(C(=O)N(Cc5ccc(F)cc5)c5ccccc54)[C@@H]3C2=O)cc1. The lowest BCUT2D eigenvalue weighted by molar-refractivity contribution is -0.132. The van der Waals surface area contributed by atoms with Crippen molar-refractivity contribution in [3.05, 3.63) is 89.7 Å². The Hall–Kier alpha value is -4.37. The van der Waals surface area contributed by atoms with Crippen molar-refractivity contribution in [2.24, 2.45) is 17.8 Å². The number of hydrogen-bond acceptors (Lipinski definition) is 5. The van der Waals surface area contributed by atoms with Gasteiger partial charge >= 0.3 is 0 Å². The van der Waals surface area contributed by atoms with Gasteiger partial charge in [-0.15, -0.1) is 0 Å². The first-order valence-electron chi connectivity index (χ1n) is 13.8. The predicted molar refractivity (Wildman–Crippen MR) is 152 cm³/mol. The van der Waals surface area contributed by atoms with Crippen molar-refractivity contribution >= 4 is 40.7 Å². The number of para-hydroxylation sites is 1.